The zero-order valence-corrected chi connectivity index (χ0v) is 17.0. The summed E-state index contributed by atoms with van der Waals surface area (Å²) in [6.45, 7) is 0.902. The van der Waals surface area contributed by atoms with Gasteiger partial charge in [0.25, 0.3) is 11.8 Å². The number of hydrogen-bond donors (Lipinski definition) is 3. The number of esters is 1. The molecule has 0 aliphatic heterocycles. The monoisotopic (exact) mass is 425 g/mol. The summed E-state index contributed by atoms with van der Waals surface area (Å²) in [5, 5.41) is 2.67. The summed E-state index contributed by atoms with van der Waals surface area (Å²) in [6, 6.07) is 14.8. The van der Waals surface area contributed by atoms with E-state index in [-0.39, 0.29) is 31.0 Å². The number of benzene rings is 2. The van der Waals surface area contributed by atoms with E-state index < -0.39 is 24.4 Å². The van der Waals surface area contributed by atoms with Gasteiger partial charge in [-0.3, -0.25) is 34.8 Å². The van der Waals surface area contributed by atoms with Crippen molar-refractivity contribution in [2.45, 2.75) is 26.2 Å². The maximum atomic E-state index is 11.9. The van der Waals surface area contributed by atoms with Crippen LogP contribution in [0.25, 0.3) is 0 Å². The Morgan fingerprint density at radius 1 is 0.774 bits per heavy atom. The van der Waals surface area contributed by atoms with Gasteiger partial charge in [-0.25, -0.2) is 0 Å². The van der Waals surface area contributed by atoms with Crippen LogP contribution in [-0.2, 0) is 19.1 Å². The molecule has 0 unspecified atom stereocenters. The van der Waals surface area contributed by atoms with Gasteiger partial charge in [-0.1, -0.05) is 18.2 Å². The van der Waals surface area contributed by atoms with Gasteiger partial charge in [0.15, 0.2) is 12.4 Å². The number of nitrogens with one attached hydrogen (secondary N) is 3. The van der Waals surface area contributed by atoms with Gasteiger partial charge in [0.2, 0.25) is 5.91 Å². The third kappa shape index (κ3) is 8.48. The molecule has 2 aromatic rings. The van der Waals surface area contributed by atoms with Crippen molar-refractivity contribution in [1.82, 2.24) is 10.9 Å². The average Bonchev–Trinajstić information content (AvgIpc) is 2.77. The first-order valence-corrected chi connectivity index (χ1v) is 9.56. The van der Waals surface area contributed by atoms with Crippen molar-refractivity contribution < 1.29 is 28.7 Å². The molecule has 0 radical (unpaired) electrons. The van der Waals surface area contributed by atoms with E-state index in [1.54, 1.807) is 54.6 Å². The number of carbonyl (C=O) groups excluding carboxylic acids is 5. The van der Waals surface area contributed by atoms with Gasteiger partial charge in [-0.2, -0.15) is 0 Å². The summed E-state index contributed by atoms with van der Waals surface area (Å²) in [7, 11) is 0. The number of amides is 3. The second-order valence-corrected chi connectivity index (χ2v) is 6.56. The molecule has 0 aromatic heterocycles. The zero-order chi connectivity index (χ0) is 22.6. The average molecular weight is 425 g/mol. The maximum Gasteiger partial charge on any atom is 0.306 e. The lowest BCUT2D eigenvalue weighted by Crippen LogP contribution is -2.43. The standard InChI is InChI=1S/C22H23N3O6/c1-15(26)16-10-12-18(13-11-16)23-19(27)8-5-9-21(29)31-14-20(28)24-25-22(30)17-6-3-2-4-7-17/h2-4,6-7,10-13H,5,8-9,14H2,1H3,(H,23,27)(H,24,28)(H,25,30). The first kappa shape index (κ1) is 23.3. The lowest BCUT2D eigenvalue weighted by Gasteiger charge is -2.08. The normalized spacial score (nSPS) is 9.97. The molecule has 9 nitrogen and oxygen atoms in total. The van der Waals surface area contributed by atoms with Gasteiger partial charge in [0.1, 0.15) is 0 Å². The van der Waals surface area contributed by atoms with Crippen LogP contribution in [0.5, 0.6) is 0 Å². The van der Waals surface area contributed by atoms with Crippen LogP contribution in [0, 0.1) is 0 Å². The number of Topliss-reactive ketones (excluding diaryl/α,β-unsaturated/α-hetero) is 1. The Hall–Kier alpha value is -4.01. The zero-order valence-electron chi connectivity index (χ0n) is 17.0. The second kappa shape index (κ2) is 11.9. The summed E-state index contributed by atoms with van der Waals surface area (Å²) < 4.78 is 4.81. The highest BCUT2D eigenvalue weighted by molar-refractivity contribution is 5.96. The van der Waals surface area contributed by atoms with E-state index in [0.29, 0.717) is 16.8 Å². The van der Waals surface area contributed by atoms with Crippen LogP contribution in [0.1, 0.15) is 46.9 Å². The van der Waals surface area contributed by atoms with E-state index in [9.17, 15) is 24.0 Å². The predicted octanol–water partition coefficient (Wildman–Crippen LogP) is 2.00. The summed E-state index contributed by atoms with van der Waals surface area (Å²) in [5.74, 6) is -2.18. The van der Waals surface area contributed by atoms with E-state index in [0.717, 1.165) is 0 Å². The van der Waals surface area contributed by atoms with Crippen LogP contribution >= 0.6 is 0 Å². The minimum atomic E-state index is -0.690. The first-order chi connectivity index (χ1) is 14.8. The topological polar surface area (TPSA) is 131 Å². The Kier molecular flexibility index (Phi) is 8.90. The highest BCUT2D eigenvalue weighted by atomic mass is 16.5. The van der Waals surface area contributed by atoms with Gasteiger partial charge < -0.3 is 10.1 Å². The van der Waals surface area contributed by atoms with Crippen molar-refractivity contribution in [2.24, 2.45) is 0 Å². The van der Waals surface area contributed by atoms with Crippen LogP contribution in [0.2, 0.25) is 0 Å². The number of hydrogen-bond acceptors (Lipinski definition) is 6. The molecule has 3 N–H and O–H groups in total. The molecule has 0 saturated heterocycles. The molecule has 0 aliphatic carbocycles. The fourth-order valence-electron chi connectivity index (χ4n) is 2.45. The molecule has 31 heavy (non-hydrogen) atoms. The molecule has 2 aromatic carbocycles. The van der Waals surface area contributed by atoms with E-state index in [4.69, 9.17) is 4.74 Å². The largest absolute Gasteiger partial charge is 0.455 e. The van der Waals surface area contributed by atoms with Gasteiger partial charge in [0.05, 0.1) is 0 Å². The van der Waals surface area contributed by atoms with E-state index >= 15 is 0 Å². The molecule has 0 fully saturated rings. The fourth-order valence-corrected chi connectivity index (χ4v) is 2.45. The van der Waals surface area contributed by atoms with E-state index in [2.05, 4.69) is 16.2 Å². The Morgan fingerprint density at radius 2 is 1.45 bits per heavy atom. The summed E-state index contributed by atoms with van der Waals surface area (Å²) in [4.78, 5) is 58.3. The lowest BCUT2D eigenvalue weighted by molar-refractivity contribution is -0.148. The molecule has 0 atom stereocenters. The van der Waals surface area contributed by atoms with Crippen molar-refractivity contribution in [1.29, 1.82) is 0 Å². The molecule has 0 bridgehead atoms. The maximum absolute atomic E-state index is 11.9. The highest BCUT2D eigenvalue weighted by Gasteiger charge is 2.11. The molecule has 0 aliphatic rings. The second-order valence-electron chi connectivity index (χ2n) is 6.56. The molecular weight excluding hydrogens is 402 g/mol. The summed E-state index contributed by atoms with van der Waals surface area (Å²) >= 11 is 0. The first-order valence-electron chi connectivity index (χ1n) is 9.56. The van der Waals surface area contributed by atoms with E-state index in [1.165, 1.54) is 6.92 Å². The van der Waals surface area contributed by atoms with E-state index in [1.807, 2.05) is 0 Å². The molecule has 0 heterocycles. The predicted molar refractivity (Wildman–Crippen MR) is 112 cm³/mol. The third-order valence-corrected chi connectivity index (χ3v) is 4.08. The van der Waals surface area contributed by atoms with Crippen LogP contribution < -0.4 is 16.2 Å². The number of rotatable bonds is 9. The van der Waals surface area contributed by atoms with Crippen LogP contribution in [0.4, 0.5) is 5.69 Å². The number of ether oxygens (including phenoxy) is 1. The van der Waals surface area contributed by atoms with Gasteiger partial charge in [-0.15, -0.1) is 0 Å². The van der Waals surface area contributed by atoms with Gasteiger partial charge in [0, 0.05) is 29.7 Å². The smallest absolute Gasteiger partial charge is 0.306 e. The van der Waals surface area contributed by atoms with Crippen molar-refractivity contribution in [3.63, 3.8) is 0 Å². The van der Waals surface area contributed by atoms with Crippen LogP contribution in [0.15, 0.2) is 54.6 Å². The Balaban J connectivity index is 1.59. The van der Waals surface area contributed by atoms with Crippen molar-refractivity contribution in [3.8, 4) is 0 Å². The SMILES string of the molecule is CC(=O)c1ccc(NC(=O)CCCC(=O)OCC(=O)NNC(=O)c2ccccc2)cc1. The fraction of sp³-hybridized carbons (Fsp3) is 0.227. The van der Waals surface area contributed by atoms with Crippen LogP contribution in [-0.4, -0.2) is 36.1 Å². The number of carbonyl (C=O) groups is 5. The lowest BCUT2D eigenvalue weighted by atomic mass is 10.1. The van der Waals surface area contributed by atoms with Gasteiger partial charge in [-0.05, 0) is 49.7 Å². The number of anilines is 1. The van der Waals surface area contributed by atoms with Crippen molar-refractivity contribution >= 4 is 35.2 Å². The molecule has 9 heteroatoms. The number of hydrazine groups is 1. The molecular formula is C22H23N3O6. The van der Waals surface area contributed by atoms with Crippen molar-refractivity contribution in [3.05, 3.63) is 65.7 Å². The molecule has 3 amide bonds. The Morgan fingerprint density at radius 3 is 2.10 bits per heavy atom. The molecule has 0 spiro atoms. The van der Waals surface area contributed by atoms with Crippen LogP contribution in [0.3, 0.4) is 0 Å². The highest BCUT2D eigenvalue weighted by Crippen LogP contribution is 2.11. The number of ketones is 1. The molecule has 0 saturated carbocycles. The summed E-state index contributed by atoms with van der Waals surface area (Å²) in [6.07, 6.45) is 0.284. The van der Waals surface area contributed by atoms with Gasteiger partial charge >= 0.3 is 5.97 Å². The van der Waals surface area contributed by atoms with Crippen molar-refractivity contribution in [2.75, 3.05) is 11.9 Å². The Bertz CT molecular complexity index is 941. The Labute approximate surface area is 179 Å². The summed E-state index contributed by atoms with van der Waals surface area (Å²) in [5.41, 5.74) is 5.82. The molecule has 2 rings (SSSR count). The quantitative estimate of drug-likeness (QED) is 0.320. The molecule has 162 valence electrons. The minimum absolute atomic E-state index is 0.0413. The minimum Gasteiger partial charge on any atom is -0.455 e. The third-order valence-electron chi connectivity index (χ3n) is 4.08.